The van der Waals surface area contributed by atoms with Crippen LogP contribution < -0.4 is 0 Å². The van der Waals surface area contributed by atoms with Gasteiger partial charge in [0.2, 0.25) is 5.24 Å². The van der Waals surface area contributed by atoms with Gasteiger partial charge in [-0.05, 0) is 36.6 Å². The highest BCUT2D eigenvalue weighted by Gasteiger charge is 2.10. The second-order valence-corrected chi connectivity index (χ2v) is 5.89. The Morgan fingerprint density at radius 2 is 1.23 bits per heavy atom. The van der Waals surface area contributed by atoms with Gasteiger partial charge in [0.15, 0.2) is 6.10 Å². The number of carboxylic acids is 1. The number of hydrogen-bond donors (Lipinski definition) is 1. The molecular formula is C20H23ClO5. The molecule has 0 fully saturated rings. The third-order valence-electron chi connectivity index (χ3n) is 3.35. The summed E-state index contributed by atoms with van der Waals surface area (Å²) in [4.78, 5) is 21.0. The second kappa shape index (κ2) is 12.2. The lowest BCUT2D eigenvalue weighted by atomic mass is 10.2. The van der Waals surface area contributed by atoms with E-state index in [-0.39, 0.29) is 0 Å². The van der Waals surface area contributed by atoms with Gasteiger partial charge in [0.05, 0.1) is 13.2 Å². The predicted molar refractivity (Wildman–Crippen MR) is 99.9 cm³/mol. The van der Waals surface area contributed by atoms with E-state index in [2.05, 4.69) is 0 Å². The molecule has 2 aromatic carbocycles. The molecule has 2 unspecified atom stereocenters. The summed E-state index contributed by atoms with van der Waals surface area (Å²) in [6.07, 6.45) is -1.29. The molecule has 0 aliphatic heterocycles. The van der Waals surface area contributed by atoms with Gasteiger partial charge in [0.1, 0.15) is 6.10 Å². The van der Waals surface area contributed by atoms with E-state index >= 15 is 0 Å². The van der Waals surface area contributed by atoms with E-state index in [9.17, 15) is 9.59 Å². The number of benzene rings is 2. The Balaban J connectivity index is 0.000000260. The molecule has 0 saturated heterocycles. The lowest BCUT2D eigenvalue weighted by molar-refractivity contribution is -0.149. The van der Waals surface area contributed by atoms with Crippen molar-refractivity contribution in [3.63, 3.8) is 0 Å². The highest BCUT2D eigenvalue weighted by atomic mass is 35.5. The molecule has 0 aliphatic carbocycles. The standard InChI is InChI=1S/C10H11ClO2.C10H12O3/c2*1-8(10(11)12)13-7-9-5-3-2-4-6-9/h2-6,8H,7H2,1H3;2-6,8H,7H2,1H3,(H,11,12). The number of ether oxygens (including phenoxy) is 2. The molecule has 140 valence electrons. The molecule has 6 heteroatoms. The normalized spacial score (nSPS) is 12.4. The van der Waals surface area contributed by atoms with Crippen molar-refractivity contribution in [2.75, 3.05) is 0 Å². The molecule has 0 heterocycles. The average molecular weight is 379 g/mol. The number of aliphatic carboxylic acids is 1. The second-order valence-electron chi connectivity index (χ2n) is 5.52. The molecule has 2 atom stereocenters. The third kappa shape index (κ3) is 9.32. The topological polar surface area (TPSA) is 72.8 Å². The van der Waals surface area contributed by atoms with E-state index in [1.807, 2.05) is 60.7 Å². The first-order valence-corrected chi connectivity index (χ1v) is 8.51. The van der Waals surface area contributed by atoms with Crippen LogP contribution in [-0.2, 0) is 32.3 Å². The smallest absolute Gasteiger partial charge is 0.332 e. The van der Waals surface area contributed by atoms with E-state index in [0.29, 0.717) is 13.2 Å². The molecule has 0 aliphatic rings. The van der Waals surface area contributed by atoms with E-state index in [1.165, 1.54) is 6.92 Å². The SMILES string of the molecule is CC(OCc1ccccc1)C(=O)Cl.CC(OCc1ccccc1)C(=O)O. The quantitative estimate of drug-likeness (QED) is 0.702. The van der Waals surface area contributed by atoms with Crippen LogP contribution >= 0.6 is 11.6 Å². The van der Waals surface area contributed by atoms with Crippen LogP contribution in [0, 0.1) is 0 Å². The molecule has 0 radical (unpaired) electrons. The first-order chi connectivity index (χ1) is 12.4. The van der Waals surface area contributed by atoms with Crippen molar-refractivity contribution in [2.24, 2.45) is 0 Å². The van der Waals surface area contributed by atoms with Gasteiger partial charge in [-0.1, -0.05) is 60.7 Å². The molecule has 2 aromatic rings. The van der Waals surface area contributed by atoms with Crippen molar-refractivity contribution in [1.82, 2.24) is 0 Å². The van der Waals surface area contributed by atoms with Gasteiger partial charge in [-0.3, -0.25) is 4.79 Å². The largest absolute Gasteiger partial charge is 0.479 e. The molecule has 1 N–H and O–H groups in total. The number of carbonyl (C=O) groups is 2. The summed E-state index contributed by atoms with van der Waals surface area (Å²) < 4.78 is 10.3. The minimum Gasteiger partial charge on any atom is -0.479 e. The first-order valence-electron chi connectivity index (χ1n) is 8.13. The molecule has 26 heavy (non-hydrogen) atoms. The van der Waals surface area contributed by atoms with Crippen molar-refractivity contribution >= 4 is 22.8 Å². The summed E-state index contributed by atoms with van der Waals surface area (Å²) in [5.41, 5.74) is 2.02. The Bertz CT molecular complexity index is 601. The highest BCUT2D eigenvalue weighted by Crippen LogP contribution is 2.05. The van der Waals surface area contributed by atoms with Gasteiger partial charge in [0.25, 0.3) is 0 Å². The minimum absolute atomic E-state index is 0.342. The third-order valence-corrected chi connectivity index (χ3v) is 3.66. The Morgan fingerprint density at radius 3 is 1.58 bits per heavy atom. The van der Waals surface area contributed by atoms with E-state index in [0.717, 1.165) is 11.1 Å². The monoisotopic (exact) mass is 378 g/mol. The van der Waals surface area contributed by atoms with Crippen molar-refractivity contribution in [2.45, 2.75) is 39.3 Å². The van der Waals surface area contributed by atoms with Gasteiger partial charge < -0.3 is 14.6 Å². The molecule has 0 saturated carbocycles. The van der Waals surface area contributed by atoms with Crippen LogP contribution in [-0.4, -0.2) is 28.5 Å². The molecule has 5 nitrogen and oxygen atoms in total. The van der Waals surface area contributed by atoms with Gasteiger partial charge in [-0.15, -0.1) is 0 Å². The fourth-order valence-corrected chi connectivity index (χ4v) is 1.79. The number of carbonyl (C=O) groups excluding carboxylic acids is 1. The summed E-state index contributed by atoms with van der Waals surface area (Å²) in [5, 5.41) is 8.07. The van der Waals surface area contributed by atoms with Crippen LogP contribution in [0.1, 0.15) is 25.0 Å². The summed E-state index contributed by atoms with van der Waals surface area (Å²) in [6, 6.07) is 19.1. The maximum Gasteiger partial charge on any atom is 0.332 e. The van der Waals surface area contributed by atoms with Crippen LogP contribution in [0.2, 0.25) is 0 Å². The van der Waals surface area contributed by atoms with Gasteiger partial charge in [-0.25, -0.2) is 4.79 Å². The lowest BCUT2D eigenvalue weighted by Crippen LogP contribution is -2.19. The van der Waals surface area contributed by atoms with Crippen LogP contribution in [0.5, 0.6) is 0 Å². The Hall–Kier alpha value is -2.21. The van der Waals surface area contributed by atoms with Crippen LogP contribution in [0.15, 0.2) is 60.7 Å². The zero-order chi connectivity index (χ0) is 19.4. The van der Waals surface area contributed by atoms with Crippen molar-refractivity contribution in [3.8, 4) is 0 Å². The van der Waals surface area contributed by atoms with Crippen molar-refractivity contribution in [3.05, 3.63) is 71.8 Å². The number of halogens is 1. The molecule has 0 spiro atoms. The Labute approximate surface area is 158 Å². The van der Waals surface area contributed by atoms with E-state index in [4.69, 9.17) is 26.2 Å². The zero-order valence-corrected chi connectivity index (χ0v) is 15.6. The van der Waals surface area contributed by atoms with Crippen molar-refractivity contribution < 1.29 is 24.2 Å². The maximum atomic E-state index is 10.6. The van der Waals surface area contributed by atoms with Crippen LogP contribution in [0.3, 0.4) is 0 Å². The van der Waals surface area contributed by atoms with E-state index < -0.39 is 23.4 Å². The predicted octanol–water partition coefficient (Wildman–Crippen LogP) is 4.03. The van der Waals surface area contributed by atoms with Crippen LogP contribution in [0.25, 0.3) is 0 Å². The number of rotatable bonds is 8. The summed E-state index contributed by atoms with van der Waals surface area (Å²) >= 11 is 5.23. The average Bonchev–Trinajstić information content (AvgIpc) is 2.66. The fourth-order valence-electron chi connectivity index (χ4n) is 1.73. The van der Waals surface area contributed by atoms with Crippen LogP contribution in [0.4, 0.5) is 0 Å². The fraction of sp³-hybridized carbons (Fsp3) is 0.300. The first kappa shape index (κ1) is 21.8. The van der Waals surface area contributed by atoms with Gasteiger partial charge in [-0.2, -0.15) is 0 Å². The minimum atomic E-state index is -0.934. The summed E-state index contributed by atoms with van der Waals surface area (Å²) in [6.45, 7) is 3.92. The van der Waals surface area contributed by atoms with Gasteiger partial charge >= 0.3 is 5.97 Å². The molecular weight excluding hydrogens is 356 g/mol. The summed E-state index contributed by atoms with van der Waals surface area (Å²) in [7, 11) is 0. The number of hydrogen-bond acceptors (Lipinski definition) is 4. The lowest BCUT2D eigenvalue weighted by Gasteiger charge is -2.07. The molecule has 0 bridgehead atoms. The Kier molecular flexibility index (Phi) is 10.2. The van der Waals surface area contributed by atoms with E-state index in [1.54, 1.807) is 6.92 Å². The van der Waals surface area contributed by atoms with Crippen molar-refractivity contribution in [1.29, 1.82) is 0 Å². The molecule has 2 rings (SSSR count). The maximum absolute atomic E-state index is 10.6. The molecule has 0 amide bonds. The highest BCUT2D eigenvalue weighted by molar-refractivity contribution is 6.64. The zero-order valence-electron chi connectivity index (χ0n) is 14.8. The molecule has 0 aromatic heterocycles. The van der Waals surface area contributed by atoms with Gasteiger partial charge in [0, 0.05) is 0 Å². The Morgan fingerprint density at radius 1 is 0.846 bits per heavy atom. The summed E-state index contributed by atoms with van der Waals surface area (Å²) in [5.74, 6) is -0.934. The number of carboxylic acid groups (broad SMARTS) is 1.